The van der Waals surface area contributed by atoms with E-state index in [1.165, 1.54) is 12.2 Å². The average molecular weight is 263 g/mol. The lowest BCUT2D eigenvalue weighted by molar-refractivity contribution is 0.379. The molecule has 0 unspecified atom stereocenters. The summed E-state index contributed by atoms with van der Waals surface area (Å²) in [6.07, 6.45) is 2.56. The fraction of sp³-hybridized carbons (Fsp3) is 0.167. The quantitative estimate of drug-likeness (QED) is 0.340. The number of halogens is 5. The van der Waals surface area contributed by atoms with Crippen LogP contribution in [0.3, 0.4) is 0 Å². The molecule has 0 fully saturated rings. The highest BCUT2D eigenvalue weighted by Crippen LogP contribution is 2.30. The van der Waals surface area contributed by atoms with Crippen LogP contribution in [0.1, 0.15) is 0 Å². The highest BCUT2D eigenvalue weighted by atomic mass is 19.2. The monoisotopic (exact) mass is 263 g/mol. The minimum Gasteiger partial charge on any atom is -0.359 e. The Hall–Kier alpha value is -1.85. The standard InChI is InChI=1S/C12H10F5N/c1-3-5-18(6-4-2)12-10(16)8(14)7(13)9(15)11(12)17/h3-4H,1-2,5-6H2. The van der Waals surface area contributed by atoms with Crippen LogP contribution in [0, 0.1) is 29.1 Å². The van der Waals surface area contributed by atoms with Gasteiger partial charge >= 0.3 is 0 Å². The van der Waals surface area contributed by atoms with Gasteiger partial charge in [0, 0.05) is 13.1 Å². The van der Waals surface area contributed by atoms with Crippen LogP contribution >= 0.6 is 0 Å². The normalized spacial score (nSPS) is 10.3. The van der Waals surface area contributed by atoms with Gasteiger partial charge < -0.3 is 4.90 Å². The van der Waals surface area contributed by atoms with Crippen LogP contribution in [0.25, 0.3) is 0 Å². The van der Waals surface area contributed by atoms with E-state index in [1.54, 1.807) is 0 Å². The molecule has 18 heavy (non-hydrogen) atoms. The first-order valence-corrected chi connectivity index (χ1v) is 4.93. The van der Waals surface area contributed by atoms with Gasteiger partial charge in [0.05, 0.1) is 0 Å². The first kappa shape index (κ1) is 14.2. The molecule has 0 atom stereocenters. The summed E-state index contributed by atoms with van der Waals surface area (Å²) in [5.41, 5.74) is -0.980. The van der Waals surface area contributed by atoms with Gasteiger partial charge in [-0.05, 0) is 0 Å². The summed E-state index contributed by atoms with van der Waals surface area (Å²) in [4.78, 5) is 0.941. The second kappa shape index (κ2) is 5.66. The molecule has 0 saturated carbocycles. The largest absolute Gasteiger partial charge is 0.359 e. The van der Waals surface area contributed by atoms with E-state index in [2.05, 4.69) is 13.2 Å². The van der Waals surface area contributed by atoms with Crippen LogP contribution in [-0.4, -0.2) is 13.1 Å². The Morgan fingerprint density at radius 2 is 1.06 bits per heavy atom. The topological polar surface area (TPSA) is 3.24 Å². The number of hydrogen-bond donors (Lipinski definition) is 0. The summed E-state index contributed by atoms with van der Waals surface area (Å²) in [5, 5.41) is 0. The van der Waals surface area contributed by atoms with Crippen molar-refractivity contribution in [1.29, 1.82) is 0 Å². The Morgan fingerprint density at radius 3 is 1.39 bits per heavy atom. The summed E-state index contributed by atoms with van der Waals surface area (Å²) in [6, 6.07) is 0. The van der Waals surface area contributed by atoms with E-state index in [0.717, 1.165) is 4.90 Å². The molecule has 1 nitrogen and oxygen atoms in total. The lowest BCUT2D eigenvalue weighted by Crippen LogP contribution is -2.26. The molecule has 0 aliphatic carbocycles. The van der Waals surface area contributed by atoms with Crippen molar-refractivity contribution in [3.8, 4) is 0 Å². The van der Waals surface area contributed by atoms with Gasteiger partial charge in [0.15, 0.2) is 23.3 Å². The van der Waals surface area contributed by atoms with Crippen LogP contribution in [0.15, 0.2) is 25.3 Å². The molecule has 0 aliphatic heterocycles. The van der Waals surface area contributed by atoms with Crippen molar-refractivity contribution in [3.63, 3.8) is 0 Å². The maximum atomic E-state index is 13.5. The van der Waals surface area contributed by atoms with Crippen molar-refractivity contribution >= 4 is 5.69 Å². The summed E-state index contributed by atoms with van der Waals surface area (Å²) in [7, 11) is 0. The third-order valence-corrected chi connectivity index (χ3v) is 2.20. The third-order valence-electron chi connectivity index (χ3n) is 2.20. The Bertz CT molecular complexity index is 445. The molecular formula is C12H10F5N. The molecule has 0 N–H and O–H groups in total. The average Bonchev–Trinajstić information content (AvgIpc) is 2.35. The van der Waals surface area contributed by atoms with Gasteiger partial charge in [-0.25, -0.2) is 22.0 Å². The lowest BCUT2D eigenvalue weighted by Gasteiger charge is -2.23. The van der Waals surface area contributed by atoms with Crippen molar-refractivity contribution in [2.75, 3.05) is 18.0 Å². The van der Waals surface area contributed by atoms with E-state index in [1.807, 2.05) is 0 Å². The van der Waals surface area contributed by atoms with Crippen molar-refractivity contribution in [1.82, 2.24) is 0 Å². The summed E-state index contributed by atoms with van der Waals surface area (Å²) in [6.45, 7) is 6.54. The molecule has 98 valence electrons. The maximum absolute atomic E-state index is 13.5. The zero-order chi connectivity index (χ0) is 13.9. The van der Waals surface area contributed by atoms with Gasteiger partial charge in [-0.2, -0.15) is 0 Å². The molecular weight excluding hydrogens is 253 g/mol. The van der Waals surface area contributed by atoms with Crippen molar-refractivity contribution < 1.29 is 22.0 Å². The van der Waals surface area contributed by atoms with Crippen LogP contribution in [0.2, 0.25) is 0 Å². The molecule has 1 aromatic carbocycles. The first-order chi connectivity index (χ1) is 8.45. The van der Waals surface area contributed by atoms with Gasteiger partial charge in [0.25, 0.3) is 0 Å². The predicted octanol–water partition coefficient (Wildman–Crippen LogP) is 3.56. The molecule has 0 bridgehead atoms. The summed E-state index contributed by atoms with van der Waals surface area (Å²) < 4.78 is 65.8. The molecule has 1 aromatic rings. The number of benzene rings is 1. The first-order valence-electron chi connectivity index (χ1n) is 4.93. The number of nitrogens with zero attached hydrogens (tertiary/aromatic N) is 1. The van der Waals surface area contributed by atoms with E-state index < -0.39 is 34.8 Å². The Balaban J connectivity index is 3.46. The zero-order valence-electron chi connectivity index (χ0n) is 9.32. The van der Waals surface area contributed by atoms with E-state index in [-0.39, 0.29) is 13.1 Å². The van der Waals surface area contributed by atoms with Gasteiger partial charge in [-0.1, -0.05) is 12.2 Å². The van der Waals surface area contributed by atoms with Gasteiger partial charge in [0.2, 0.25) is 5.82 Å². The van der Waals surface area contributed by atoms with E-state index in [9.17, 15) is 22.0 Å². The zero-order valence-corrected chi connectivity index (χ0v) is 9.32. The maximum Gasteiger partial charge on any atom is 0.200 e. The smallest absolute Gasteiger partial charge is 0.200 e. The number of hydrogen-bond acceptors (Lipinski definition) is 1. The van der Waals surface area contributed by atoms with E-state index in [4.69, 9.17) is 0 Å². The van der Waals surface area contributed by atoms with Crippen LogP contribution < -0.4 is 4.90 Å². The highest BCUT2D eigenvalue weighted by Gasteiger charge is 2.28. The molecule has 0 saturated heterocycles. The Kier molecular flexibility index (Phi) is 4.47. The second-order valence-electron chi connectivity index (χ2n) is 3.40. The number of rotatable bonds is 5. The fourth-order valence-electron chi connectivity index (χ4n) is 1.44. The molecule has 0 amide bonds. The number of anilines is 1. The fourth-order valence-corrected chi connectivity index (χ4v) is 1.44. The van der Waals surface area contributed by atoms with Gasteiger partial charge in [0.1, 0.15) is 5.69 Å². The molecule has 0 heterocycles. The van der Waals surface area contributed by atoms with Crippen LogP contribution in [-0.2, 0) is 0 Å². The summed E-state index contributed by atoms with van der Waals surface area (Å²) >= 11 is 0. The lowest BCUT2D eigenvalue weighted by atomic mass is 10.2. The molecule has 6 heteroatoms. The van der Waals surface area contributed by atoms with Crippen LogP contribution in [0.5, 0.6) is 0 Å². The van der Waals surface area contributed by atoms with Gasteiger partial charge in [-0.3, -0.25) is 0 Å². The minimum atomic E-state index is -2.18. The van der Waals surface area contributed by atoms with Crippen molar-refractivity contribution in [2.24, 2.45) is 0 Å². The van der Waals surface area contributed by atoms with Crippen molar-refractivity contribution in [2.45, 2.75) is 0 Å². The van der Waals surface area contributed by atoms with E-state index >= 15 is 0 Å². The molecule has 0 spiro atoms. The molecule has 1 rings (SSSR count). The molecule has 0 radical (unpaired) electrons. The predicted molar refractivity (Wildman–Crippen MR) is 58.8 cm³/mol. The SMILES string of the molecule is C=CCN(CC=C)c1c(F)c(F)c(F)c(F)c1F. The van der Waals surface area contributed by atoms with Crippen LogP contribution in [0.4, 0.5) is 27.6 Å². The Labute approximate surface area is 101 Å². The Morgan fingerprint density at radius 1 is 0.722 bits per heavy atom. The molecule has 0 aromatic heterocycles. The van der Waals surface area contributed by atoms with Crippen molar-refractivity contribution in [3.05, 3.63) is 54.4 Å². The third kappa shape index (κ3) is 2.37. The van der Waals surface area contributed by atoms with Gasteiger partial charge in [-0.15, -0.1) is 13.2 Å². The second-order valence-corrected chi connectivity index (χ2v) is 3.40. The molecule has 0 aliphatic rings. The highest BCUT2D eigenvalue weighted by molar-refractivity contribution is 5.51. The minimum absolute atomic E-state index is 0.0790. The summed E-state index contributed by atoms with van der Waals surface area (Å²) in [5.74, 6) is -9.85. The van der Waals surface area contributed by atoms with E-state index in [0.29, 0.717) is 0 Å².